The number of imidazole rings is 1. The number of aromatic nitrogens is 2. The standard InChI is InChI=1S/C14H20N4/c1-4-17(5-2)12-6-8-13(9-7-12)18-10-11(3)16-14(18)15/h6-10H,4-5H2,1-3H3,(H2,15,16). The summed E-state index contributed by atoms with van der Waals surface area (Å²) in [5.74, 6) is 0.531. The molecule has 4 heteroatoms. The highest BCUT2D eigenvalue weighted by Crippen LogP contribution is 2.19. The summed E-state index contributed by atoms with van der Waals surface area (Å²) in [7, 11) is 0. The molecule has 0 radical (unpaired) electrons. The quantitative estimate of drug-likeness (QED) is 0.899. The first-order valence-corrected chi connectivity index (χ1v) is 6.32. The molecule has 18 heavy (non-hydrogen) atoms. The Hall–Kier alpha value is -1.97. The average Bonchev–Trinajstić information content (AvgIpc) is 2.71. The van der Waals surface area contributed by atoms with Crippen molar-refractivity contribution in [2.45, 2.75) is 20.8 Å². The number of nitrogen functional groups attached to an aromatic ring is 1. The molecule has 2 rings (SSSR count). The normalized spacial score (nSPS) is 10.6. The predicted octanol–water partition coefficient (Wildman–Crippen LogP) is 2.61. The van der Waals surface area contributed by atoms with Crippen LogP contribution in [0.4, 0.5) is 11.6 Å². The number of nitrogens with zero attached hydrogens (tertiary/aromatic N) is 3. The Balaban J connectivity index is 2.30. The van der Waals surface area contributed by atoms with Crippen molar-refractivity contribution >= 4 is 11.6 Å². The summed E-state index contributed by atoms with van der Waals surface area (Å²) >= 11 is 0. The summed E-state index contributed by atoms with van der Waals surface area (Å²) in [6.45, 7) is 8.30. The number of anilines is 2. The van der Waals surface area contributed by atoms with E-state index in [-0.39, 0.29) is 0 Å². The largest absolute Gasteiger partial charge is 0.372 e. The fraction of sp³-hybridized carbons (Fsp3) is 0.357. The fourth-order valence-corrected chi connectivity index (χ4v) is 2.14. The summed E-state index contributed by atoms with van der Waals surface area (Å²) < 4.78 is 1.90. The van der Waals surface area contributed by atoms with Gasteiger partial charge in [0.15, 0.2) is 0 Å². The second-order valence-electron chi connectivity index (χ2n) is 4.30. The second-order valence-corrected chi connectivity index (χ2v) is 4.30. The van der Waals surface area contributed by atoms with Crippen LogP contribution in [0.1, 0.15) is 19.5 Å². The van der Waals surface area contributed by atoms with Crippen LogP contribution in [0.5, 0.6) is 0 Å². The molecule has 0 aliphatic heterocycles. The zero-order valence-electron chi connectivity index (χ0n) is 11.2. The molecule has 0 amide bonds. The number of rotatable bonds is 4. The van der Waals surface area contributed by atoms with Crippen LogP contribution in [0.2, 0.25) is 0 Å². The Morgan fingerprint density at radius 2 is 1.78 bits per heavy atom. The van der Waals surface area contributed by atoms with Gasteiger partial charge < -0.3 is 10.6 Å². The maximum absolute atomic E-state index is 5.87. The van der Waals surface area contributed by atoms with Crippen LogP contribution in [0, 0.1) is 6.92 Å². The van der Waals surface area contributed by atoms with E-state index in [1.165, 1.54) is 5.69 Å². The third-order valence-corrected chi connectivity index (χ3v) is 3.11. The molecule has 1 aromatic carbocycles. The minimum atomic E-state index is 0.531. The molecule has 2 aromatic rings. The van der Waals surface area contributed by atoms with E-state index in [9.17, 15) is 0 Å². The van der Waals surface area contributed by atoms with Crippen molar-refractivity contribution in [2.75, 3.05) is 23.7 Å². The lowest BCUT2D eigenvalue weighted by molar-refractivity contribution is 0.866. The van der Waals surface area contributed by atoms with E-state index in [1.807, 2.05) is 17.7 Å². The number of hydrogen-bond donors (Lipinski definition) is 1. The van der Waals surface area contributed by atoms with Crippen molar-refractivity contribution in [3.8, 4) is 5.69 Å². The van der Waals surface area contributed by atoms with Gasteiger partial charge in [-0.25, -0.2) is 4.98 Å². The van der Waals surface area contributed by atoms with E-state index >= 15 is 0 Å². The first-order valence-electron chi connectivity index (χ1n) is 6.32. The van der Waals surface area contributed by atoms with Gasteiger partial charge in [0.05, 0.1) is 5.69 Å². The first kappa shape index (κ1) is 12.5. The highest BCUT2D eigenvalue weighted by molar-refractivity contribution is 5.52. The van der Waals surface area contributed by atoms with E-state index in [4.69, 9.17) is 5.73 Å². The molecule has 0 unspecified atom stereocenters. The maximum Gasteiger partial charge on any atom is 0.205 e. The molecule has 2 N–H and O–H groups in total. The molecular weight excluding hydrogens is 224 g/mol. The van der Waals surface area contributed by atoms with Crippen molar-refractivity contribution in [3.05, 3.63) is 36.2 Å². The lowest BCUT2D eigenvalue weighted by atomic mass is 10.2. The van der Waals surface area contributed by atoms with Gasteiger partial charge in [-0.05, 0) is 45.0 Å². The smallest absolute Gasteiger partial charge is 0.205 e. The van der Waals surface area contributed by atoms with E-state index < -0.39 is 0 Å². The van der Waals surface area contributed by atoms with E-state index in [2.05, 4.69) is 48.0 Å². The van der Waals surface area contributed by atoms with Gasteiger partial charge in [-0.15, -0.1) is 0 Å². The number of hydrogen-bond acceptors (Lipinski definition) is 3. The zero-order valence-corrected chi connectivity index (χ0v) is 11.2. The second kappa shape index (κ2) is 5.12. The monoisotopic (exact) mass is 244 g/mol. The van der Waals surface area contributed by atoms with Crippen molar-refractivity contribution < 1.29 is 0 Å². The summed E-state index contributed by atoms with van der Waals surface area (Å²) in [4.78, 5) is 6.52. The Bertz CT molecular complexity index is 509. The van der Waals surface area contributed by atoms with Gasteiger partial charge in [-0.3, -0.25) is 4.57 Å². The molecule has 0 saturated heterocycles. The van der Waals surface area contributed by atoms with Gasteiger partial charge in [-0.1, -0.05) is 0 Å². The van der Waals surface area contributed by atoms with Gasteiger partial charge in [-0.2, -0.15) is 0 Å². The lowest BCUT2D eigenvalue weighted by Gasteiger charge is -2.21. The Morgan fingerprint density at radius 3 is 2.22 bits per heavy atom. The van der Waals surface area contributed by atoms with Gasteiger partial charge in [0.25, 0.3) is 0 Å². The molecule has 0 saturated carbocycles. The third-order valence-electron chi connectivity index (χ3n) is 3.11. The van der Waals surface area contributed by atoms with E-state index in [0.29, 0.717) is 5.95 Å². The summed E-state index contributed by atoms with van der Waals surface area (Å²) in [5.41, 5.74) is 9.08. The minimum absolute atomic E-state index is 0.531. The van der Waals surface area contributed by atoms with Gasteiger partial charge in [0, 0.05) is 30.7 Å². The topological polar surface area (TPSA) is 47.1 Å². The van der Waals surface area contributed by atoms with Crippen molar-refractivity contribution in [1.29, 1.82) is 0 Å². The Kier molecular flexibility index (Phi) is 3.55. The van der Waals surface area contributed by atoms with Crippen LogP contribution < -0.4 is 10.6 Å². The molecule has 0 spiro atoms. The molecule has 0 atom stereocenters. The molecule has 0 aliphatic carbocycles. The molecule has 0 bridgehead atoms. The summed E-state index contributed by atoms with van der Waals surface area (Å²) in [6.07, 6.45) is 1.95. The van der Waals surface area contributed by atoms with Gasteiger partial charge >= 0.3 is 0 Å². The van der Waals surface area contributed by atoms with Crippen LogP contribution in [-0.4, -0.2) is 22.6 Å². The van der Waals surface area contributed by atoms with Gasteiger partial charge in [0.2, 0.25) is 5.95 Å². The Morgan fingerprint density at radius 1 is 1.17 bits per heavy atom. The molecular formula is C14H20N4. The van der Waals surface area contributed by atoms with Crippen molar-refractivity contribution in [3.63, 3.8) is 0 Å². The van der Waals surface area contributed by atoms with Crippen molar-refractivity contribution in [1.82, 2.24) is 9.55 Å². The Labute approximate surface area is 108 Å². The fourth-order valence-electron chi connectivity index (χ4n) is 2.14. The number of benzene rings is 1. The van der Waals surface area contributed by atoms with Crippen LogP contribution in [-0.2, 0) is 0 Å². The number of aryl methyl sites for hydroxylation is 1. The maximum atomic E-state index is 5.87. The SMILES string of the molecule is CCN(CC)c1ccc(-n2cc(C)nc2N)cc1. The average molecular weight is 244 g/mol. The molecule has 96 valence electrons. The molecule has 1 aromatic heterocycles. The van der Waals surface area contributed by atoms with E-state index in [0.717, 1.165) is 24.5 Å². The lowest BCUT2D eigenvalue weighted by Crippen LogP contribution is -2.21. The van der Waals surface area contributed by atoms with Crippen LogP contribution in [0.15, 0.2) is 30.5 Å². The predicted molar refractivity (Wildman–Crippen MR) is 76.3 cm³/mol. The highest BCUT2D eigenvalue weighted by atomic mass is 15.1. The third kappa shape index (κ3) is 2.32. The molecule has 4 nitrogen and oxygen atoms in total. The summed E-state index contributed by atoms with van der Waals surface area (Å²) in [6, 6.07) is 8.39. The molecule has 1 heterocycles. The number of nitrogens with two attached hydrogens (primary N) is 1. The first-order chi connectivity index (χ1) is 8.65. The summed E-state index contributed by atoms with van der Waals surface area (Å²) in [5, 5.41) is 0. The van der Waals surface area contributed by atoms with Crippen LogP contribution >= 0.6 is 0 Å². The molecule has 0 aliphatic rings. The highest BCUT2D eigenvalue weighted by Gasteiger charge is 2.05. The minimum Gasteiger partial charge on any atom is -0.372 e. The molecule has 0 fully saturated rings. The zero-order chi connectivity index (χ0) is 13.1. The van der Waals surface area contributed by atoms with Gasteiger partial charge in [0.1, 0.15) is 0 Å². The van der Waals surface area contributed by atoms with Crippen LogP contribution in [0.3, 0.4) is 0 Å². The van der Waals surface area contributed by atoms with E-state index in [1.54, 1.807) is 0 Å². The van der Waals surface area contributed by atoms with Crippen molar-refractivity contribution in [2.24, 2.45) is 0 Å². The van der Waals surface area contributed by atoms with Crippen LogP contribution in [0.25, 0.3) is 5.69 Å².